The molecule has 60 valence electrons. The van der Waals surface area contributed by atoms with Crippen LogP contribution in [0.5, 0.6) is 0 Å². The molecule has 1 aliphatic heterocycles. The summed E-state index contributed by atoms with van der Waals surface area (Å²) in [5.74, 6) is 0.884. The summed E-state index contributed by atoms with van der Waals surface area (Å²) in [5, 5.41) is 4.39. The molecule has 1 unspecified atom stereocenters. The van der Waals surface area contributed by atoms with Gasteiger partial charge in [-0.05, 0) is 23.8 Å². The van der Waals surface area contributed by atoms with E-state index >= 15 is 0 Å². The summed E-state index contributed by atoms with van der Waals surface area (Å²) >= 11 is 1.79. The predicted molar refractivity (Wildman–Crippen MR) is 50.3 cm³/mol. The lowest BCUT2D eigenvalue weighted by Gasteiger charge is -2.15. The van der Waals surface area contributed by atoms with Crippen LogP contribution in [0, 0.1) is 5.92 Å². The number of hydrogen-bond acceptors (Lipinski definition) is 2. The van der Waals surface area contributed by atoms with E-state index in [-0.39, 0.29) is 0 Å². The first-order valence-corrected chi connectivity index (χ1v) is 5.07. The predicted octanol–water partition coefficient (Wildman–Crippen LogP) is 2.59. The van der Waals surface area contributed by atoms with Gasteiger partial charge in [-0.3, -0.25) is 0 Å². The van der Waals surface area contributed by atoms with Gasteiger partial charge in [0.15, 0.2) is 0 Å². The number of rotatable bonds is 1. The third-order valence-electron chi connectivity index (χ3n) is 2.30. The van der Waals surface area contributed by atoms with Crippen molar-refractivity contribution in [1.29, 1.82) is 0 Å². The molecule has 1 atom stereocenters. The zero-order chi connectivity index (χ0) is 7.68. The van der Waals surface area contributed by atoms with Crippen LogP contribution in [0.1, 0.15) is 13.3 Å². The molecule has 0 saturated carbocycles. The molecule has 11 heavy (non-hydrogen) atoms. The van der Waals surface area contributed by atoms with E-state index in [0.29, 0.717) is 0 Å². The Labute approximate surface area is 71.7 Å². The standard InChI is InChI=1S/C9H13NS/c1-8-2-4-10(6-8)9-3-5-11-7-9/h3,5,7-8H,2,4,6H2,1H3. The van der Waals surface area contributed by atoms with Gasteiger partial charge in [-0.25, -0.2) is 0 Å². The molecule has 1 fully saturated rings. The molecule has 0 aliphatic carbocycles. The second-order valence-corrected chi connectivity index (χ2v) is 4.10. The van der Waals surface area contributed by atoms with Gasteiger partial charge in [0, 0.05) is 24.2 Å². The van der Waals surface area contributed by atoms with E-state index in [1.807, 2.05) is 0 Å². The highest BCUT2D eigenvalue weighted by Crippen LogP contribution is 2.24. The molecule has 0 radical (unpaired) electrons. The first-order valence-electron chi connectivity index (χ1n) is 4.13. The van der Waals surface area contributed by atoms with Crippen molar-refractivity contribution < 1.29 is 0 Å². The van der Waals surface area contributed by atoms with Gasteiger partial charge in [0.05, 0.1) is 0 Å². The van der Waals surface area contributed by atoms with Gasteiger partial charge in [-0.15, -0.1) is 0 Å². The van der Waals surface area contributed by atoms with Gasteiger partial charge in [0.25, 0.3) is 0 Å². The van der Waals surface area contributed by atoms with Crippen LogP contribution in [0.15, 0.2) is 16.8 Å². The summed E-state index contributed by atoms with van der Waals surface area (Å²) in [4.78, 5) is 2.47. The monoisotopic (exact) mass is 167 g/mol. The van der Waals surface area contributed by atoms with E-state index in [1.54, 1.807) is 11.3 Å². The van der Waals surface area contributed by atoms with Gasteiger partial charge >= 0.3 is 0 Å². The van der Waals surface area contributed by atoms with E-state index in [4.69, 9.17) is 0 Å². The minimum atomic E-state index is 0.884. The zero-order valence-corrected chi connectivity index (χ0v) is 7.60. The Kier molecular flexibility index (Phi) is 1.86. The third kappa shape index (κ3) is 1.41. The van der Waals surface area contributed by atoms with Crippen molar-refractivity contribution in [2.24, 2.45) is 5.92 Å². The van der Waals surface area contributed by atoms with Crippen LogP contribution in [0.2, 0.25) is 0 Å². The quantitative estimate of drug-likeness (QED) is 0.621. The summed E-state index contributed by atoms with van der Waals surface area (Å²) in [7, 11) is 0. The van der Waals surface area contributed by atoms with Gasteiger partial charge in [0.2, 0.25) is 0 Å². The van der Waals surface area contributed by atoms with E-state index < -0.39 is 0 Å². The largest absolute Gasteiger partial charge is 0.371 e. The average Bonchev–Trinajstić information content (AvgIpc) is 2.55. The number of anilines is 1. The molecule has 0 spiro atoms. The van der Waals surface area contributed by atoms with E-state index in [9.17, 15) is 0 Å². The SMILES string of the molecule is CC1CCN(c2ccsc2)C1. The minimum Gasteiger partial charge on any atom is -0.371 e. The highest BCUT2D eigenvalue weighted by atomic mass is 32.1. The molecule has 0 N–H and O–H groups in total. The fourth-order valence-corrected chi connectivity index (χ4v) is 2.27. The summed E-state index contributed by atoms with van der Waals surface area (Å²) in [6.45, 7) is 4.82. The number of hydrogen-bond donors (Lipinski definition) is 0. The van der Waals surface area contributed by atoms with Crippen molar-refractivity contribution >= 4 is 17.0 Å². The molecule has 1 aromatic rings. The normalized spacial score (nSPS) is 24.5. The first kappa shape index (κ1) is 7.17. The second-order valence-electron chi connectivity index (χ2n) is 3.32. The Morgan fingerprint density at radius 2 is 2.55 bits per heavy atom. The fraction of sp³-hybridized carbons (Fsp3) is 0.556. The Bertz CT molecular complexity index is 217. The average molecular weight is 167 g/mol. The molecule has 1 saturated heterocycles. The summed E-state index contributed by atoms with van der Waals surface area (Å²) < 4.78 is 0. The van der Waals surface area contributed by atoms with E-state index in [1.165, 1.54) is 25.2 Å². The third-order valence-corrected chi connectivity index (χ3v) is 2.97. The van der Waals surface area contributed by atoms with Crippen molar-refractivity contribution in [3.63, 3.8) is 0 Å². The summed E-state index contributed by atoms with van der Waals surface area (Å²) in [5.41, 5.74) is 1.42. The molecule has 2 heterocycles. The minimum absolute atomic E-state index is 0.884. The second kappa shape index (κ2) is 2.86. The Balaban J connectivity index is 2.08. The van der Waals surface area contributed by atoms with Crippen molar-refractivity contribution in [3.05, 3.63) is 16.8 Å². The van der Waals surface area contributed by atoms with Crippen molar-refractivity contribution in [2.75, 3.05) is 18.0 Å². The lowest BCUT2D eigenvalue weighted by molar-refractivity contribution is 0.659. The zero-order valence-electron chi connectivity index (χ0n) is 6.79. The molecule has 1 aliphatic rings. The Morgan fingerprint density at radius 3 is 3.09 bits per heavy atom. The topological polar surface area (TPSA) is 3.24 Å². The molecule has 0 amide bonds. The molecular formula is C9H13NS. The Hall–Kier alpha value is -0.500. The molecule has 2 rings (SSSR count). The molecule has 1 nitrogen and oxygen atoms in total. The van der Waals surface area contributed by atoms with Gasteiger partial charge in [0.1, 0.15) is 0 Å². The van der Waals surface area contributed by atoms with Crippen LogP contribution in [-0.4, -0.2) is 13.1 Å². The highest BCUT2D eigenvalue weighted by Gasteiger charge is 2.18. The lowest BCUT2D eigenvalue weighted by Crippen LogP contribution is -2.17. The maximum absolute atomic E-state index is 2.47. The van der Waals surface area contributed by atoms with Crippen LogP contribution < -0.4 is 4.90 Å². The maximum Gasteiger partial charge on any atom is 0.0474 e. The van der Waals surface area contributed by atoms with Crippen molar-refractivity contribution in [1.82, 2.24) is 0 Å². The molecule has 0 aromatic carbocycles. The number of thiophene rings is 1. The lowest BCUT2D eigenvalue weighted by atomic mass is 10.2. The summed E-state index contributed by atoms with van der Waals surface area (Å²) in [6.07, 6.45) is 1.36. The van der Waals surface area contributed by atoms with E-state index in [2.05, 4.69) is 28.7 Å². The molecule has 1 aromatic heterocycles. The van der Waals surface area contributed by atoms with Gasteiger partial charge in [-0.2, -0.15) is 11.3 Å². The van der Waals surface area contributed by atoms with Crippen LogP contribution in [-0.2, 0) is 0 Å². The highest BCUT2D eigenvalue weighted by molar-refractivity contribution is 7.08. The van der Waals surface area contributed by atoms with E-state index in [0.717, 1.165) is 5.92 Å². The Morgan fingerprint density at radius 1 is 1.64 bits per heavy atom. The van der Waals surface area contributed by atoms with Gasteiger partial charge in [-0.1, -0.05) is 6.92 Å². The molecule has 2 heteroatoms. The van der Waals surface area contributed by atoms with Crippen molar-refractivity contribution in [2.45, 2.75) is 13.3 Å². The van der Waals surface area contributed by atoms with Crippen molar-refractivity contribution in [3.8, 4) is 0 Å². The molecule has 0 bridgehead atoms. The van der Waals surface area contributed by atoms with Crippen LogP contribution in [0.3, 0.4) is 0 Å². The van der Waals surface area contributed by atoms with Gasteiger partial charge < -0.3 is 4.90 Å². The first-order chi connectivity index (χ1) is 5.36. The van der Waals surface area contributed by atoms with Crippen LogP contribution in [0.4, 0.5) is 5.69 Å². The fourth-order valence-electron chi connectivity index (χ4n) is 1.61. The van der Waals surface area contributed by atoms with Crippen LogP contribution >= 0.6 is 11.3 Å². The summed E-state index contributed by atoms with van der Waals surface area (Å²) in [6, 6.07) is 2.21. The van der Waals surface area contributed by atoms with Crippen LogP contribution in [0.25, 0.3) is 0 Å². The smallest absolute Gasteiger partial charge is 0.0474 e. The maximum atomic E-state index is 2.47. The number of nitrogens with zero attached hydrogens (tertiary/aromatic N) is 1. The molecular weight excluding hydrogens is 154 g/mol.